The van der Waals surface area contributed by atoms with E-state index in [1.54, 1.807) is 12.1 Å². The molecule has 1 aromatic rings. The van der Waals surface area contributed by atoms with Crippen LogP contribution in [0, 0.1) is 10.1 Å². The molecule has 0 saturated heterocycles. The lowest BCUT2D eigenvalue weighted by Crippen LogP contribution is -2.55. The summed E-state index contributed by atoms with van der Waals surface area (Å²) in [4.78, 5) is 35.0. The van der Waals surface area contributed by atoms with E-state index in [9.17, 15) is 19.7 Å². The molecule has 24 heavy (non-hydrogen) atoms. The van der Waals surface area contributed by atoms with Crippen molar-refractivity contribution < 1.29 is 19.6 Å². The average Bonchev–Trinajstić information content (AvgIpc) is 2.48. The molecule has 0 bridgehead atoms. The first-order valence-corrected chi connectivity index (χ1v) is 7.87. The standard InChI is InChI=1S/C16H21N3O5/c1-2-18(10-16(21)22)14-8-12(9-14)17-15(20)7-11-4-3-5-13(6-11)19(23)24/h3-6,12,14H,2,7-10H2,1H3,(H,17,20)(H,21,22). The highest BCUT2D eigenvalue weighted by Crippen LogP contribution is 2.25. The van der Waals surface area contributed by atoms with Crippen LogP contribution in [0.3, 0.4) is 0 Å². The monoisotopic (exact) mass is 335 g/mol. The SMILES string of the molecule is CCN(CC(=O)O)C1CC(NC(=O)Cc2cccc([N+](=O)[O-])c2)C1. The summed E-state index contributed by atoms with van der Waals surface area (Å²) in [6.45, 7) is 2.58. The second kappa shape index (κ2) is 7.87. The number of nitrogens with zero attached hydrogens (tertiary/aromatic N) is 2. The van der Waals surface area contributed by atoms with Gasteiger partial charge in [-0.25, -0.2) is 0 Å². The third-order valence-corrected chi connectivity index (χ3v) is 4.23. The van der Waals surface area contributed by atoms with Crippen molar-refractivity contribution in [2.45, 2.75) is 38.3 Å². The number of carbonyl (C=O) groups excluding carboxylic acids is 1. The number of amides is 1. The van der Waals surface area contributed by atoms with Crippen molar-refractivity contribution in [3.63, 3.8) is 0 Å². The van der Waals surface area contributed by atoms with Crippen LogP contribution in [0.15, 0.2) is 24.3 Å². The number of rotatable bonds is 8. The summed E-state index contributed by atoms with van der Waals surface area (Å²) in [5.41, 5.74) is 0.565. The Hall–Kier alpha value is -2.48. The number of hydrogen-bond acceptors (Lipinski definition) is 5. The van der Waals surface area contributed by atoms with Crippen LogP contribution in [0.1, 0.15) is 25.3 Å². The predicted molar refractivity (Wildman–Crippen MR) is 86.6 cm³/mol. The number of nitrogens with one attached hydrogen (secondary N) is 1. The molecule has 0 atom stereocenters. The maximum absolute atomic E-state index is 12.0. The number of carboxylic acid groups (broad SMARTS) is 1. The Kier molecular flexibility index (Phi) is 5.86. The lowest BCUT2D eigenvalue weighted by Gasteiger charge is -2.42. The Morgan fingerprint density at radius 2 is 2.12 bits per heavy atom. The van der Waals surface area contributed by atoms with Crippen molar-refractivity contribution in [2.75, 3.05) is 13.1 Å². The molecular formula is C16H21N3O5. The van der Waals surface area contributed by atoms with Crippen LogP contribution in [0.25, 0.3) is 0 Å². The zero-order chi connectivity index (χ0) is 17.7. The maximum Gasteiger partial charge on any atom is 0.317 e. The number of carboxylic acids is 1. The van der Waals surface area contributed by atoms with Gasteiger partial charge in [0, 0.05) is 24.2 Å². The highest BCUT2D eigenvalue weighted by atomic mass is 16.6. The van der Waals surface area contributed by atoms with Crippen LogP contribution in [-0.2, 0) is 16.0 Å². The van der Waals surface area contributed by atoms with E-state index >= 15 is 0 Å². The van der Waals surface area contributed by atoms with Crippen molar-refractivity contribution in [3.05, 3.63) is 39.9 Å². The number of benzene rings is 1. The molecule has 1 amide bonds. The van der Waals surface area contributed by atoms with Crippen LogP contribution >= 0.6 is 0 Å². The number of aliphatic carboxylic acids is 1. The normalized spacial score (nSPS) is 19.6. The fraction of sp³-hybridized carbons (Fsp3) is 0.500. The van der Waals surface area contributed by atoms with Gasteiger partial charge in [-0.05, 0) is 24.9 Å². The molecule has 1 aromatic carbocycles. The van der Waals surface area contributed by atoms with Gasteiger partial charge < -0.3 is 10.4 Å². The van der Waals surface area contributed by atoms with E-state index < -0.39 is 10.9 Å². The minimum Gasteiger partial charge on any atom is -0.480 e. The van der Waals surface area contributed by atoms with E-state index in [2.05, 4.69) is 5.32 Å². The van der Waals surface area contributed by atoms with Crippen LogP contribution in [0.4, 0.5) is 5.69 Å². The first kappa shape index (κ1) is 17.9. The number of likely N-dealkylation sites (N-methyl/N-ethyl adjacent to an activating group) is 1. The molecule has 8 nitrogen and oxygen atoms in total. The van der Waals surface area contributed by atoms with Gasteiger partial charge in [0.15, 0.2) is 0 Å². The van der Waals surface area contributed by atoms with Gasteiger partial charge in [0.2, 0.25) is 5.91 Å². The van der Waals surface area contributed by atoms with E-state index in [-0.39, 0.29) is 36.6 Å². The summed E-state index contributed by atoms with van der Waals surface area (Å²) in [5, 5.41) is 22.5. The van der Waals surface area contributed by atoms with Gasteiger partial charge in [-0.3, -0.25) is 24.6 Å². The highest BCUT2D eigenvalue weighted by Gasteiger charge is 2.34. The molecule has 0 aromatic heterocycles. The molecule has 1 aliphatic rings. The zero-order valence-corrected chi connectivity index (χ0v) is 13.5. The van der Waals surface area contributed by atoms with Gasteiger partial charge in [0.05, 0.1) is 17.9 Å². The van der Waals surface area contributed by atoms with E-state index in [0.717, 1.165) is 12.8 Å². The van der Waals surface area contributed by atoms with Gasteiger partial charge in [0.1, 0.15) is 0 Å². The van der Waals surface area contributed by atoms with E-state index in [1.165, 1.54) is 12.1 Å². The number of non-ortho nitro benzene ring substituents is 1. The highest BCUT2D eigenvalue weighted by molar-refractivity contribution is 5.79. The summed E-state index contributed by atoms with van der Waals surface area (Å²) in [5.74, 6) is -1.03. The summed E-state index contributed by atoms with van der Waals surface area (Å²) in [6.07, 6.45) is 1.54. The van der Waals surface area contributed by atoms with E-state index in [1.807, 2.05) is 11.8 Å². The first-order valence-electron chi connectivity index (χ1n) is 7.87. The summed E-state index contributed by atoms with van der Waals surface area (Å²) < 4.78 is 0. The van der Waals surface area contributed by atoms with Crippen molar-refractivity contribution in [1.29, 1.82) is 0 Å². The van der Waals surface area contributed by atoms with Crippen LogP contribution in [-0.4, -0.2) is 52.0 Å². The Morgan fingerprint density at radius 1 is 1.42 bits per heavy atom. The molecule has 2 rings (SSSR count). The number of carbonyl (C=O) groups is 2. The third kappa shape index (κ3) is 4.76. The van der Waals surface area contributed by atoms with Crippen LogP contribution in [0.5, 0.6) is 0 Å². The molecular weight excluding hydrogens is 314 g/mol. The Labute approximate surface area is 139 Å². The summed E-state index contributed by atoms with van der Waals surface area (Å²) >= 11 is 0. The lowest BCUT2D eigenvalue weighted by molar-refractivity contribution is -0.384. The molecule has 2 N–H and O–H groups in total. The van der Waals surface area contributed by atoms with Gasteiger partial charge in [-0.15, -0.1) is 0 Å². The molecule has 1 fully saturated rings. The van der Waals surface area contributed by atoms with E-state index in [4.69, 9.17) is 5.11 Å². The second-order valence-electron chi connectivity index (χ2n) is 5.95. The van der Waals surface area contributed by atoms with Gasteiger partial charge in [0.25, 0.3) is 5.69 Å². The predicted octanol–water partition coefficient (Wildman–Crippen LogP) is 1.19. The zero-order valence-electron chi connectivity index (χ0n) is 13.5. The Morgan fingerprint density at radius 3 is 2.71 bits per heavy atom. The Balaban J connectivity index is 1.79. The van der Waals surface area contributed by atoms with Gasteiger partial charge in [-0.1, -0.05) is 19.1 Å². The quantitative estimate of drug-likeness (QED) is 0.545. The van der Waals surface area contributed by atoms with Gasteiger partial charge in [-0.2, -0.15) is 0 Å². The van der Waals surface area contributed by atoms with E-state index in [0.29, 0.717) is 12.1 Å². The van der Waals surface area contributed by atoms with Crippen molar-refractivity contribution >= 4 is 17.6 Å². The summed E-state index contributed by atoms with van der Waals surface area (Å²) in [7, 11) is 0. The molecule has 1 aliphatic carbocycles. The second-order valence-corrected chi connectivity index (χ2v) is 5.95. The first-order chi connectivity index (χ1) is 11.4. The van der Waals surface area contributed by atoms with Crippen LogP contribution in [0.2, 0.25) is 0 Å². The number of nitro groups is 1. The van der Waals surface area contributed by atoms with Crippen molar-refractivity contribution in [2.24, 2.45) is 0 Å². The molecule has 0 radical (unpaired) electrons. The topological polar surface area (TPSA) is 113 Å². The molecule has 0 aliphatic heterocycles. The third-order valence-electron chi connectivity index (χ3n) is 4.23. The molecule has 130 valence electrons. The summed E-state index contributed by atoms with van der Waals surface area (Å²) in [6, 6.07) is 6.24. The average molecular weight is 335 g/mol. The fourth-order valence-corrected chi connectivity index (χ4v) is 2.92. The number of nitro benzene ring substituents is 1. The molecule has 0 heterocycles. The largest absolute Gasteiger partial charge is 0.480 e. The smallest absolute Gasteiger partial charge is 0.317 e. The molecule has 0 unspecified atom stereocenters. The maximum atomic E-state index is 12.0. The lowest BCUT2D eigenvalue weighted by atomic mass is 9.85. The van der Waals surface area contributed by atoms with Crippen molar-refractivity contribution in [3.8, 4) is 0 Å². The van der Waals surface area contributed by atoms with Gasteiger partial charge >= 0.3 is 5.97 Å². The fourth-order valence-electron chi connectivity index (χ4n) is 2.92. The molecule has 8 heteroatoms. The minimum absolute atomic E-state index is 0.00944. The number of hydrogen-bond donors (Lipinski definition) is 2. The van der Waals surface area contributed by atoms with Crippen molar-refractivity contribution in [1.82, 2.24) is 10.2 Å². The Bertz CT molecular complexity index is 628. The minimum atomic E-state index is -0.852. The molecule has 1 saturated carbocycles. The van der Waals surface area contributed by atoms with Crippen LogP contribution < -0.4 is 5.32 Å². The molecule has 0 spiro atoms.